The molecule has 3 aliphatic rings. The molecule has 3 rings (SSSR count). The molecule has 1 N–H and O–H groups in total. The first-order valence-electron chi connectivity index (χ1n) is 8.41. The maximum atomic E-state index is 3.86. The predicted octanol–water partition coefficient (Wildman–Crippen LogP) is 3.12. The normalized spacial score (nSPS) is 36.5. The highest BCUT2D eigenvalue weighted by molar-refractivity contribution is 7.99. The van der Waals surface area contributed by atoms with Crippen LogP contribution in [0.4, 0.5) is 0 Å². The minimum Gasteiger partial charge on any atom is -0.311 e. The number of hydrogen-bond acceptors (Lipinski definition) is 3. The van der Waals surface area contributed by atoms with Crippen LogP contribution < -0.4 is 5.32 Å². The lowest BCUT2D eigenvalue weighted by Gasteiger charge is -2.47. The topological polar surface area (TPSA) is 15.3 Å². The number of piperazine rings is 1. The maximum Gasteiger partial charge on any atom is 0.0224 e. The van der Waals surface area contributed by atoms with Crippen LogP contribution in [-0.4, -0.2) is 47.6 Å². The van der Waals surface area contributed by atoms with E-state index in [1.54, 1.807) is 0 Å². The molecule has 0 aromatic carbocycles. The second kappa shape index (κ2) is 6.82. The molecule has 3 fully saturated rings. The van der Waals surface area contributed by atoms with Gasteiger partial charge in [-0.15, -0.1) is 0 Å². The highest BCUT2D eigenvalue weighted by Crippen LogP contribution is 2.31. The Balaban J connectivity index is 1.59. The third-order valence-corrected chi connectivity index (χ3v) is 6.58. The lowest BCUT2D eigenvalue weighted by atomic mass is 9.82. The van der Waals surface area contributed by atoms with E-state index in [4.69, 9.17) is 0 Å². The number of hydrogen-bond donors (Lipinski definition) is 1. The van der Waals surface area contributed by atoms with E-state index in [9.17, 15) is 0 Å². The first-order chi connectivity index (χ1) is 9.34. The Labute approximate surface area is 123 Å². The van der Waals surface area contributed by atoms with Gasteiger partial charge in [0.05, 0.1) is 0 Å². The van der Waals surface area contributed by atoms with Gasteiger partial charge in [-0.3, -0.25) is 4.90 Å². The van der Waals surface area contributed by atoms with Gasteiger partial charge in [-0.25, -0.2) is 0 Å². The Hall–Kier alpha value is 0.270. The highest BCUT2D eigenvalue weighted by atomic mass is 32.2. The lowest BCUT2D eigenvalue weighted by Crippen LogP contribution is -2.61. The molecule has 0 spiro atoms. The highest BCUT2D eigenvalue weighted by Gasteiger charge is 2.34. The molecule has 0 bridgehead atoms. The summed E-state index contributed by atoms with van der Waals surface area (Å²) in [4.78, 5) is 2.86. The van der Waals surface area contributed by atoms with E-state index in [1.165, 1.54) is 69.5 Å². The van der Waals surface area contributed by atoms with Gasteiger partial charge in [0, 0.05) is 31.2 Å². The molecule has 2 unspecified atom stereocenters. The zero-order valence-corrected chi connectivity index (χ0v) is 13.3. The zero-order chi connectivity index (χ0) is 13.1. The molecular formula is C16H30N2S. The number of nitrogens with zero attached hydrogens (tertiary/aromatic N) is 1. The first-order valence-corrected chi connectivity index (χ1v) is 9.57. The van der Waals surface area contributed by atoms with Crippen LogP contribution in [0.25, 0.3) is 0 Å². The fraction of sp³-hybridized carbons (Fsp3) is 1.00. The lowest BCUT2D eigenvalue weighted by molar-refractivity contribution is 0.0620. The predicted molar refractivity (Wildman–Crippen MR) is 84.9 cm³/mol. The maximum absolute atomic E-state index is 3.86. The van der Waals surface area contributed by atoms with Gasteiger partial charge >= 0.3 is 0 Å². The third-order valence-electron chi connectivity index (χ3n) is 5.53. The van der Waals surface area contributed by atoms with Crippen molar-refractivity contribution in [3.63, 3.8) is 0 Å². The second-order valence-corrected chi connectivity index (χ2v) is 8.03. The molecule has 19 heavy (non-hydrogen) atoms. The van der Waals surface area contributed by atoms with Crippen molar-refractivity contribution in [3.8, 4) is 0 Å². The summed E-state index contributed by atoms with van der Waals surface area (Å²) in [5, 5.41) is 3.86. The van der Waals surface area contributed by atoms with E-state index < -0.39 is 0 Å². The third kappa shape index (κ3) is 3.48. The van der Waals surface area contributed by atoms with Gasteiger partial charge in [0.2, 0.25) is 0 Å². The van der Waals surface area contributed by atoms with Crippen LogP contribution in [-0.2, 0) is 0 Å². The van der Waals surface area contributed by atoms with E-state index >= 15 is 0 Å². The van der Waals surface area contributed by atoms with Gasteiger partial charge in [0.1, 0.15) is 0 Å². The standard InChI is InChI=1S/C16H30N2S/c1-13-11-17-16(14-5-3-2-4-6-14)12-18(13)15-7-9-19-10-8-15/h13-17H,2-12H2,1H3. The Morgan fingerprint density at radius 3 is 2.47 bits per heavy atom. The van der Waals surface area contributed by atoms with Crippen molar-refractivity contribution < 1.29 is 0 Å². The molecule has 2 atom stereocenters. The summed E-state index contributed by atoms with van der Waals surface area (Å²) < 4.78 is 0. The molecule has 2 heterocycles. The van der Waals surface area contributed by atoms with Crippen LogP contribution in [0, 0.1) is 5.92 Å². The molecule has 0 amide bonds. The minimum absolute atomic E-state index is 0.743. The number of rotatable bonds is 2. The Morgan fingerprint density at radius 1 is 1.00 bits per heavy atom. The van der Waals surface area contributed by atoms with Gasteiger partial charge in [-0.2, -0.15) is 11.8 Å². The molecule has 2 aliphatic heterocycles. The zero-order valence-electron chi connectivity index (χ0n) is 12.4. The average molecular weight is 282 g/mol. The van der Waals surface area contributed by atoms with E-state index in [1.807, 2.05) is 0 Å². The summed E-state index contributed by atoms with van der Waals surface area (Å²) in [6.07, 6.45) is 10.2. The molecule has 110 valence electrons. The Morgan fingerprint density at radius 2 is 1.74 bits per heavy atom. The number of nitrogens with one attached hydrogen (secondary N) is 1. The summed E-state index contributed by atoms with van der Waals surface area (Å²) in [5.41, 5.74) is 0. The van der Waals surface area contributed by atoms with Gasteiger partial charge in [0.15, 0.2) is 0 Å². The molecule has 1 aliphatic carbocycles. The summed E-state index contributed by atoms with van der Waals surface area (Å²) in [6.45, 7) is 4.96. The van der Waals surface area contributed by atoms with Crippen molar-refractivity contribution in [2.75, 3.05) is 24.6 Å². The SMILES string of the molecule is CC1CNC(C2CCCCC2)CN1C1CCSCC1. The fourth-order valence-electron chi connectivity index (χ4n) is 4.29. The Kier molecular flexibility index (Phi) is 5.10. The van der Waals surface area contributed by atoms with Crippen molar-refractivity contribution in [2.24, 2.45) is 5.92 Å². The monoisotopic (exact) mass is 282 g/mol. The van der Waals surface area contributed by atoms with Crippen LogP contribution in [0.5, 0.6) is 0 Å². The van der Waals surface area contributed by atoms with Crippen LogP contribution in [0.3, 0.4) is 0 Å². The molecule has 3 heteroatoms. The molecule has 1 saturated carbocycles. The molecular weight excluding hydrogens is 252 g/mol. The van der Waals surface area contributed by atoms with Crippen LogP contribution in [0.2, 0.25) is 0 Å². The van der Waals surface area contributed by atoms with Crippen LogP contribution in [0.1, 0.15) is 51.9 Å². The molecule has 0 radical (unpaired) electrons. The van der Waals surface area contributed by atoms with Crippen molar-refractivity contribution in [2.45, 2.75) is 70.0 Å². The summed E-state index contributed by atoms with van der Waals surface area (Å²) in [5.74, 6) is 3.73. The van der Waals surface area contributed by atoms with Crippen LogP contribution in [0.15, 0.2) is 0 Å². The van der Waals surface area contributed by atoms with E-state index in [-0.39, 0.29) is 0 Å². The number of thioether (sulfide) groups is 1. The van der Waals surface area contributed by atoms with E-state index in [2.05, 4.69) is 28.9 Å². The van der Waals surface area contributed by atoms with E-state index in [0.29, 0.717) is 0 Å². The van der Waals surface area contributed by atoms with Crippen molar-refractivity contribution in [1.29, 1.82) is 0 Å². The second-order valence-electron chi connectivity index (χ2n) is 6.80. The summed E-state index contributed by atoms with van der Waals surface area (Å²) in [6, 6.07) is 2.41. The van der Waals surface area contributed by atoms with Crippen molar-refractivity contribution in [1.82, 2.24) is 10.2 Å². The van der Waals surface area contributed by atoms with Crippen LogP contribution >= 0.6 is 11.8 Å². The average Bonchev–Trinajstić information content (AvgIpc) is 2.49. The molecule has 2 nitrogen and oxygen atoms in total. The molecule has 2 saturated heterocycles. The molecule has 0 aromatic rings. The van der Waals surface area contributed by atoms with Gasteiger partial charge < -0.3 is 5.32 Å². The quantitative estimate of drug-likeness (QED) is 0.838. The minimum atomic E-state index is 0.743. The van der Waals surface area contributed by atoms with Crippen molar-refractivity contribution >= 4 is 11.8 Å². The van der Waals surface area contributed by atoms with Crippen molar-refractivity contribution in [3.05, 3.63) is 0 Å². The fourth-order valence-corrected chi connectivity index (χ4v) is 5.37. The van der Waals surface area contributed by atoms with Gasteiger partial charge in [-0.1, -0.05) is 19.3 Å². The van der Waals surface area contributed by atoms with E-state index in [0.717, 1.165) is 24.0 Å². The summed E-state index contributed by atoms with van der Waals surface area (Å²) in [7, 11) is 0. The molecule has 0 aromatic heterocycles. The Bertz CT molecular complexity index is 272. The summed E-state index contributed by atoms with van der Waals surface area (Å²) >= 11 is 2.15. The largest absolute Gasteiger partial charge is 0.311 e. The van der Waals surface area contributed by atoms with Gasteiger partial charge in [0.25, 0.3) is 0 Å². The van der Waals surface area contributed by atoms with Gasteiger partial charge in [-0.05, 0) is 50.0 Å². The smallest absolute Gasteiger partial charge is 0.0224 e. The first kappa shape index (κ1) is 14.2.